The van der Waals surface area contributed by atoms with Crippen molar-refractivity contribution in [3.63, 3.8) is 0 Å². The Bertz CT molecular complexity index is 708. The number of nitrogens with zero attached hydrogens (tertiary/aromatic N) is 1. The molecule has 1 aromatic carbocycles. The summed E-state index contributed by atoms with van der Waals surface area (Å²) in [5.74, 6) is -1.45. The molecule has 0 aliphatic rings. The Hall–Kier alpha value is -1.93. The molecule has 0 radical (unpaired) electrons. The Kier molecular flexibility index (Phi) is 6.13. The van der Waals surface area contributed by atoms with Gasteiger partial charge in [-0.3, -0.25) is 4.79 Å². The zero-order chi connectivity index (χ0) is 18.7. The number of aliphatic carboxylic acids is 1. The number of hydrogen-bond acceptors (Lipinski definition) is 4. The molecule has 1 amide bonds. The first-order chi connectivity index (χ1) is 10.9. The third-order valence-electron chi connectivity index (χ3n) is 3.76. The van der Waals surface area contributed by atoms with Gasteiger partial charge in [0.05, 0.1) is 4.90 Å². The van der Waals surface area contributed by atoms with E-state index in [0.717, 1.165) is 4.90 Å². The lowest BCUT2D eigenvalue weighted by atomic mass is 10.0. The van der Waals surface area contributed by atoms with E-state index < -0.39 is 27.4 Å². The first-order valence-electron chi connectivity index (χ1n) is 7.51. The van der Waals surface area contributed by atoms with Crippen LogP contribution in [0.25, 0.3) is 0 Å². The Balaban J connectivity index is 2.99. The fourth-order valence-corrected chi connectivity index (χ4v) is 2.94. The first-order valence-corrected chi connectivity index (χ1v) is 8.99. The van der Waals surface area contributed by atoms with Crippen molar-refractivity contribution in [2.45, 2.75) is 38.1 Å². The van der Waals surface area contributed by atoms with Crippen LogP contribution < -0.4 is 4.72 Å². The second-order valence-corrected chi connectivity index (χ2v) is 8.27. The van der Waals surface area contributed by atoms with Crippen molar-refractivity contribution < 1.29 is 23.1 Å². The van der Waals surface area contributed by atoms with Gasteiger partial charge in [0.15, 0.2) is 0 Å². The highest BCUT2D eigenvalue weighted by Gasteiger charge is 2.35. The van der Waals surface area contributed by atoms with E-state index in [1.807, 2.05) is 13.8 Å². The molecule has 8 heteroatoms. The number of amides is 1. The van der Waals surface area contributed by atoms with Crippen LogP contribution in [0.15, 0.2) is 29.2 Å². The van der Waals surface area contributed by atoms with E-state index in [-0.39, 0.29) is 16.4 Å². The lowest BCUT2D eigenvalue weighted by molar-refractivity contribution is -0.147. The molecule has 0 atom stereocenters. The third kappa shape index (κ3) is 4.55. The van der Waals surface area contributed by atoms with E-state index in [1.54, 1.807) is 0 Å². The average molecular weight is 356 g/mol. The zero-order valence-electron chi connectivity index (χ0n) is 14.5. The predicted octanol–water partition coefficient (Wildman–Crippen LogP) is 1.56. The summed E-state index contributed by atoms with van der Waals surface area (Å²) < 4.78 is 26.7. The molecule has 0 bridgehead atoms. The van der Waals surface area contributed by atoms with E-state index in [9.17, 15) is 23.1 Å². The minimum absolute atomic E-state index is 0.0554. The zero-order valence-corrected chi connectivity index (χ0v) is 15.3. The third-order valence-corrected chi connectivity index (χ3v) is 5.20. The van der Waals surface area contributed by atoms with Gasteiger partial charge in [-0.05, 0) is 44.0 Å². The van der Waals surface area contributed by atoms with Crippen molar-refractivity contribution in [1.29, 1.82) is 0 Å². The summed E-state index contributed by atoms with van der Waals surface area (Å²) >= 11 is 0. The van der Waals surface area contributed by atoms with Crippen LogP contribution in [-0.4, -0.2) is 49.4 Å². The second kappa shape index (κ2) is 7.31. The lowest BCUT2D eigenvalue weighted by Crippen LogP contribution is -2.50. The Morgan fingerprint density at radius 2 is 1.71 bits per heavy atom. The van der Waals surface area contributed by atoms with Crippen molar-refractivity contribution in [1.82, 2.24) is 9.62 Å². The monoisotopic (exact) mass is 356 g/mol. The maximum absolute atomic E-state index is 12.4. The van der Waals surface area contributed by atoms with Crippen molar-refractivity contribution in [3.05, 3.63) is 29.8 Å². The van der Waals surface area contributed by atoms with Crippen LogP contribution in [0, 0.1) is 5.92 Å². The predicted molar refractivity (Wildman–Crippen MR) is 90.3 cm³/mol. The number of carbonyl (C=O) groups excluding carboxylic acids is 1. The van der Waals surface area contributed by atoms with Gasteiger partial charge in [-0.25, -0.2) is 17.9 Å². The number of rotatable bonds is 7. The van der Waals surface area contributed by atoms with Gasteiger partial charge >= 0.3 is 5.97 Å². The molecule has 0 aliphatic carbocycles. The van der Waals surface area contributed by atoms with Gasteiger partial charge < -0.3 is 10.0 Å². The SMILES string of the molecule is CC(C)CNS(=O)(=O)c1ccc(C(=O)N(C)C(C)(C)C(=O)O)cc1. The molecule has 0 heterocycles. The van der Waals surface area contributed by atoms with E-state index in [4.69, 9.17) is 0 Å². The summed E-state index contributed by atoms with van der Waals surface area (Å²) in [7, 11) is -2.23. The Labute approximate surface area is 142 Å². The largest absolute Gasteiger partial charge is 0.480 e. The fourth-order valence-electron chi connectivity index (χ4n) is 1.73. The molecular formula is C16H24N2O5S. The quantitative estimate of drug-likeness (QED) is 0.771. The number of hydrogen-bond donors (Lipinski definition) is 2. The molecule has 7 nitrogen and oxygen atoms in total. The molecule has 0 saturated heterocycles. The molecule has 1 rings (SSSR count). The van der Waals surface area contributed by atoms with E-state index in [1.165, 1.54) is 45.2 Å². The number of carbonyl (C=O) groups is 2. The first kappa shape index (κ1) is 20.1. The van der Waals surface area contributed by atoms with Gasteiger partial charge in [-0.15, -0.1) is 0 Å². The van der Waals surface area contributed by atoms with Crippen LogP contribution in [-0.2, 0) is 14.8 Å². The molecule has 2 N–H and O–H groups in total. The van der Waals surface area contributed by atoms with Crippen LogP contribution in [0.5, 0.6) is 0 Å². The van der Waals surface area contributed by atoms with E-state index in [0.29, 0.717) is 6.54 Å². The Morgan fingerprint density at radius 3 is 2.12 bits per heavy atom. The number of carboxylic acids is 1. The summed E-state index contributed by atoms with van der Waals surface area (Å²) in [5, 5.41) is 9.18. The Morgan fingerprint density at radius 1 is 1.21 bits per heavy atom. The number of carboxylic acid groups (broad SMARTS) is 1. The van der Waals surface area contributed by atoms with Gasteiger partial charge in [0, 0.05) is 19.2 Å². The summed E-state index contributed by atoms with van der Waals surface area (Å²) in [6.45, 7) is 6.94. The van der Waals surface area contributed by atoms with Crippen molar-refractivity contribution >= 4 is 21.9 Å². The topological polar surface area (TPSA) is 104 Å². The van der Waals surface area contributed by atoms with E-state index >= 15 is 0 Å². The summed E-state index contributed by atoms with van der Waals surface area (Å²) in [5.41, 5.74) is -1.16. The van der Waals surface area contributed by atoms with E-state index in [2.05, 4.69) is 4.72 Å². The standard InChI is InChI=1S/C16H24N2O5S/c1-11(2)10-17-24(22,23)13-8-6-12(7-9-13)14(19)18(5)16(3,4)15(20)21/h6-9,11,17H,10H2,1-5H3,(H,20,21). The molecule has 0 spiro atoms. The number of benzene rings is 1. The average Bonchev–Trinajstić information content (AvgIpc) is 2.51. The molecule has 0 saturated carbocycles. The summed E-state index contributed by atoms with van der Waals surface area (Å²) in [6.07, 6.45) is 0. The minimum Gasteiger partial charge on any atom is -0.480 e. The van der Waals surface area contributed by atoms with Crippen LogP contribution in [0.4, 0.5) is 0 Å². The number of likely N-dealkylation sites (N-methyl/N-ethyl adjacent to an activating group) is 1. The second-order valence-electron chi connectivity index (χ2n) is 6.50. The molecule has 0 unspecified atom stereocenters. The lowest BCUT2D eigenvalue weighted by Gasteiger charge is -2.31. The maximum Gasteiger partial charge on any atom is 0.329 e. The van der Waals surface area contributed by atoms with Gasteiger partial charge in [0.25, 0.3) is 5.91 Å². The van der Waals surface area contributed by atoms with Crippen LogP contribution in [0.3, 0.4) is 0 Å². The molecular weight excluding hydrogens is 332 g/mol. The van der Waals surface area contributed by atoms with Gasteiger partial charge in [-0.1, -0.05) is 13.8 Å². The highest BCUT2D eigenvalue weighted by atomic mass is 32.2. The fraction of sp³-hybridized carbons (Fsp3) is 0.500. The van der Waals surface area contributed by atoms with Crippen LogP contribution in [0.2, 0.25) is 0 Å². The molecule has 0 aromatic heterocycles. The van der Waals surface area contributed by atoms with Crippen LogP contribution >= 0.6 is 0 Å². The molecule has 0 aliphatic heterocycles. The minimum atomic E-state index is -3.63. The molecule has 24 heavy (non-hydrogen) atoms. The summed E-state index contributed by atoms with van der Waals surface area (Å²) in [6, 6.07) is 5.41. The maximum atomic E-state index is 12.4. The van der Waals surface area contributed by atoms with Crippen molar-refractivity contribution in [3.8, 4) is 0 Å². The highest BCUT2D eigenvalue weighted by molar-refractivity contribution is 7.89. The molecule has 134 valence electrons. The number of sulfonamides is 1. The van der Waals surface area contributed by atoms with Crippen molar-refractivity contribution in [2.75, 3.05) is 13.6 Å². The molecule has 0 fully saturated rings. The number of nitrogens with one attached hydrogen (secondary N) is 1. The smallest absolute Gasteiger partial charge is 0.329 e. The van der Waals surface area contributed by atoms with Gasteiger partial charge in [0.2, 0.25) is 10.0 Å². The van der Waals surface area contributed by atoms with Gasteiger partial charge in [-0.2, -0.15) is 0 Å². The van der Waals surface area contributed by atoms with Crippen molar-refractivity contribution in [2.24, 2.45) is 5.92 Å². The van der Waals surface area contributed by atoms with Crippen LogP contribution in [0.1, 0.15) is 38.1 Å². The van der Waals surface area contributed by atoms with Gasteiger partial charge in [0.1, 0.15) is 5.54 Å². The summed E-state index contributed by atoms with van der Waals surface area (Å²) in [4.78, 5) is 24.8. The normalized spacial score (nSPS) is 12.2. The molecule has 1 aromatic rings. The highest BCUT2D eigenvalue weighted by Crippen LogP contribution is 2.18.